The summed E-state index contributed by atoms with van der Waals surface area (Å²) in [5, 5.41) is 25.0. The first-order valence-electron chi connectivity index (χ1n) is 9.70. The SMILES string of the molecule is CCCCCCCC(O)CC[C@@H](CO)NC(=O)[C@H](C)CC(=O)CNC. The molecule has 0 aliphatic carbocycles. The third-order valence-corrected chi connectivity index (χ3v) is 4.41. The fourth-order valence-electron chi connectivity index (χ4n) is 2.78. The zero-order valence-corrected chi connectivity index (χ0v) is 16.2. The summed E-state index contributed by atoms with van der Waals surface area (Å²) in [5.41, 5.74) is 0. The van der Waals surface area contributed by atoms with Gasteiger partial charge in [0.05, 0.1) is 25.3 Å². The van der Waals surface area contributed by atoms with E-state index < -0.39 is 5.92 Å². The second kappa shape index (κ2) is 15.3. The van der Waals surface area contributed by atoms with Crippen molar-refractivity contribution in [3.8, 4) is 0 Å². The molecule has 0 bridgehead atoms. The fraction of sp³-hybridized carbons (Fsp3) is 0.895. The Morgan fingerprint density at radius 3 is 2.32 bits per heavy atom. The molecule has 25 heavy (non-hydrogen) atoms. The normalized spacial score (nSPS) is 14.8. The molecule has 0 aliphatic heterocycles. The first-order chi connectivity index (χ1) is 11.9. The van der Waals surface area contributed by atoms with Gasteiger partial charge in [0.25, 0.3) is 0 Å². The fourth-order valence-corrected chi connectivity index (χ4v) is 2.78. The van der Waals surface area contributed by atoms with E-state index in [2.05, 4.69) is 17.6 Å². The number of rotatable bonds is 16. The molecule has 0 fully saturated rings. The number of hydrogen-bond acceptors (Lipinski definition) is 5. The molecule has 0 radical (unpaired) electrons. The second-order valence-electron chi connectivity index (χ2n) is 7.00. The summed E-state index contributed by atoms with van der Waals surface area (Å²) < 4.78 is 0. The molecule has 0 rings (SSSR count). The van der Waals surface area contributed by atoms with E-state index in [4.69, 9.17) is 0 Å². The van der Waals surface area contributed by atoms with Gasteiger partial charge in [-0.1, -0.05) is 46.0 Å². The maximum atomic E-state index is 12.1. The number of Topliss-reactive ketones (excluding diaryl/α,β-unsaturated/α-hetero) is 1. The van der Waals surface area contributed by atoms with E-state index in [0.29, 0.717) is 12.8 Å². The quantitative estimate of drug-likeness (QED) is 0.315. The van der Waals surface area contributed by atoms with Crippen molar-refractivity contribution in [2.24, 2.45) is 5.92 Å². The minimum atomic E-state index is -0.418. The molecule has 0 saturated heterocycles. The van der Waals surface area contributed by atoms with Crippen LogP contribution in [0.4, 0.5) is 0 Å². The minimum Gasteiger partial charge on any atom is -0.394 e. The number of carbonyl (C=O) groups is 2. The third kappa shape index (κ3) is 13.0. The summed E-state index contributed by atoms with van der Waals surface area (Å²) >= 11 is 0. The maximum Gasteiger partial charge on any atom is 0.223 e. The predicted molar refractivity (Wildman–Crippen MR) is 100 cm³/mol. The predicted octanol–water partition coefficient (Wildman–Crippen LogP) is 1.78. The number of amides is 1. The summed E-state index contributed by atoms with van der Waals surface area (Å²) in [7, 11) is 1.69. The molecular weight excluding hydrogens is 320 g/mol. The van der Waals surface area contributed by atoms with E-state index >= 15 is 0 Å². The topological polar surface area (TPSA) is 98.7 Å². The number of likely N-dealkylation sites (N-methyl/N-ethyl adjacent to an activating group) is 1. The Balaban J connectivity index is 4.03. The number of unbranched alkanes of at least 4 members (excludes halogenated alkanes) is 4. The maximum absolute atomic E-state index is 12.1. The molecule has 0 saturated carbocycles. The van der Waals surface area contributed by atoms with Gasteiger partial charge in [0.1, 0.15) is 5.78 Å². The van der Waals surface area contributed by atoms with Crippen LogP contribution in [0.25, 0.3) is 0 Å². The molecule has 0 aromatic carbocycles. The lowest BCUT2D eigenvalue weighted by atomic mass is 10.0. The number of hydrogen-bond donors (Lipinski definition) is 4. The molecule has 3 atom stereocenters. The lowest BCUT2D eigenvalue weighted by Crippen LogP contribution is -2.41. The van der Waals surface area contributed by atoms with Crippen molar-refractivity contribution >= 4 is 11.7 Å². The van der Waals surface area contributed by atoms with Crippen LogP contribution in [0.3, 0.4) is 0 Å². The monoisotopic (exact) mass is 358 g/mol. The molecule has 1 amide bonds. The number of nitrogens with one attached hydrogen (secondary N) is 2. The van der Waals surface area contributed by atoms with Crippen LogP contribution in [0.15, 0.2) is 0 Å². The average molecular weight is 359 g/mol. The number of carbonyl (C=O) groups excluding carboxylic acids is 2. The van der Waals surface area contributed by atoms with Crippen LogP contribution in [-0.4, -0.2) is 54.2 Å². The van der Waals surface area contributed by atoms with Gasteiger partial charge in [-0.05, 0) is 26.3 Å². The molecule has 0 aromatic heterocycles. The Hall–Kier alpha value is -0.980. The molecule has 148 valence electrons. The first kappa shape index (κ1) is 24.0. The zero-order chi connectivity index (χ0) is 19.1. The van der Waals surface area contributed by atoms with Crippen molar-refractivity contribution in [3.63, 3.8) is 0 Å². The first-order valence-corrected chi connectivity index (χ1v) is 9.70. The van der Waals surface area contributed by atoms with E-state index in [9.17, 15) is 19.8 Å². The Labute approximate surface area is 152 Å². The van der Waals surface area contributed by atoms with E-state index in [0.717, 1.165) is 19.3 Å². The van der Waals surface area contributed by atoms with E-state index in [1.807, 2.05) is 0 Å². The van der Waals surface area contributed by atoms with Crippen molar-refractivity contribution < 1.29 is 19.8 Å². The molecule has 0 aromatic rings. The standard InChI is InChI=1S/C19H38N2O4/c1-4-5-6-7-8-9-17(23)11-10-16(14-22)21-19(25)15(2)12-18(24)13-20-3/h15-17,20,22-23H,4-14H2,1-3H3,(H,21,25)/t15-,16+,17?/m1/s1. The summed E-state index contributed by atoms with van der Waals surface area (Å²) in [6.45, 7) is 3.98. The van der Waals surface area contributed by atoms with Gasteiger partial charge in [0.15, 0.2) is 0 Å². The van der Waals surface area contributed by atoms with Crippen LogP contribution in [0.5, 0.6) is 0 Å². The summed E-state index contributed by atoms with van der Waals surface area (Å²) in [5.74, 6) is -0.653. The van der Waals surface area contributed by atoms with Gasteiger partial charge in [0, 0.05) is 12.3 Å². The van der Waals surface area contributed by atoms with Gasteiger partial charge in [-0.25, -0.2) is 0 Å². The molecule has 6 nitrogen and oxygen atoms in total. The van der Waals surface area contributed by atoms with Crippen LogP contribution in [0.1, 0.15) is 71.6 Å². The Bertz CT molecular complexity index is 363. The van der Waals surface area contributed by atoms with Gasteiger partial charge >= 0.3 is 0 Å². The van der Waals surface area contributed by atoms with Gasteiger partial charge in [0.2, 0.25) is 5.91 Å². The van der Waals surface area contributed by atoms with Crippen molar-refractivity contribution in [2.45, 2.75) is 83.8 Å². The smallest absolute Gasteiger partial charge is 0.223 e. The lowest BCUT2D eigenvalue weighted by Gasteiger charge is -2.20. The van der Waals surface area contributed by atoms with Gasteiger partial charge < -0.3 is 20.8 Å². The molecule has 0 spiro atoms. The second-order valence-corrected chi connectivity index (χ2v) is 7.00. The van der Waals surface area contributed by atoms with Crippen LogP contribution >= 0.6 is 0 Å². The Morgan fingerprint density at radius 2 is 1.72 bits per heavy atom. The zero-order valence-electron chi connectivity index (χ0n) is 16.2. The molecule has 6 heteroatoms. The number of ketones is 1. The highest BCUT2D eigenvalue weighted by Gasteiger charge is 2.20. The lowest BCUT2D eigenvalue weighted by molar-refractivity contribution is -0.129. The summed E-state index contributed by atoms with van der Waals surface area (Å²) in [4.78, 5) is 23.7. The van der Waals surface area contributed by atoms with E-state index in [-0.39, 0.29) is 43.4 Å². The van der Waals surface area contributed by atoms with Gasteiger partial charge in [-0.2, -0.15) is 0 Å². The van der Waals surface area contributed by atoms with Gasteiger partial charge in [-0.3, -0.25) is 9.59 Å². The van der Waals surface area contributed by atoms with Gasteiger partial charge in [-0.15, -0.1) is 0 Å². The number of aliphatic hydroxyl groups excluding tert-OH is 2. The van der Waals surface area contributed by atoms with Crippen LogP contribution < -0.4 is 10.6 Å². The average Bonchev–Trinajstić information content (AvgIpc) is 2.58. The van der Waals surface area contributed by atoms with E-state index in [1.165, 1.54) is 19.3 Å². The number of aliphatic hydroxyl groups is 2. The van der Waals surface area contributed by atoms with Crippen molar-refractivity contribution in [1.29, 1.82) is 0 Å². The van der Waals surface area contributed by atoms with Crippen LogP contribution in [-0.2, 0) is 9.59 Å². The van der Waals surface area contributed by atoms with Crippen molar-refractivity contribution in [2.75, 3.05) is 20.2 Å². The highest BCUT2D eigenvalue weighted by molar-refractivity contribution is 5.87. The summed E-state index contributed by atoms with van der Waals surface area (Å²) in [6.07, 6.45) is 7.48. The molecule has 4 N–H and O–H groups in total. The van der Waals surface area contributed by atoms with Crippen molar-refractivity contribution in [3.05, 3.63) is 0 Å². The minimum absolute atomic E-state index is 0.0100. The highest BCUT2D eigenvalue weighted by atomic mass is 16.3. The molecule has 0 aliphatic rings. The van der Waals surface area contributed by atoms with Crippen molar-refractivity contribution in [1.82, 2.24) is 10.6 Å². The Morgan fingerprint density at radius 1 is 1.04 bits per heavy atom. The van der Waals surface area contributed by atoms with E-state index in [1.54, 1.807) is 14.0 Å². The largest absolute Gasteiger partial charge is 0.394 e. The third-order valence-electron chi connectivity index (χ3n) is 4.41. The highest BCUT2D eigenvalue weighted by Crippen LogP contribution is 2.12. The molecular formula is C19H38N2O4. The molecule has 0 heterocycles. The van der Waals surface area contributed by atoms with Crippen LogP contribution in [0.2, 0.25) is 0 Å². The Kier molecular flexibility index (Phi) is 14.7. The molecule has 1 unspecified atom stereocenters. The summed E-state index contributed by atoms with van der Waals surface area (Å²) in [6, 6.07) is -0.371. The van der Waals surface area contributed by atoms with Crippen LogP contribution in [0, 0.1) is 5.92 Å².